The molecule has 0 atom stereocenters. The lowest BCUT2D eigenvalue weighted by Crippen LogP contribution is -2.16. The van der Waals surface area contributed by atoms with Crippen LogP contribution in [0.5, 0.6) is 0 Å². The van der Waals surface area contributed by atoms with Gasteiger partial charge in [-0.05, 0) is 51.5 Å². The molecule has 5 aromatic rings. The highest BCUT2D eigenvalue weighted by atomic mass is 79.9. The van der Waals surface area contributed by atoms with Crippen LogP contribution in [0.25, 0.3) is 21.3 Å². The average molecular weight is 653 g/mol. The molecular weight excluding hydrogens is 637 g/mol. The van der Waals surface area contributed by atoms with Crippen LogP contribution in [0.1, 0.15) is 37.4 Å². The zero-order chi connectivity index (χ0) is 29.8. The van der Waals surface area contributed by atoms with E-state index in [9.17, 15) is 32.9 Å². The van der Waals surface area contributed by atoms with Crippen molar-refractivity contribution in [3.63, 3.8) is 0 Å². The smallest absolute Gasteiger partial charge is 0.433 e. The molecule has 5 heterocycles. The highest BCUT2D eigenvalue weighted by Crippen LogP contribution is 2.44. The third-order valence-electron chi connectivity index (χ3n) is 6.02. The largest absolute Gasteiger partial charge is 0.454 e. The van der Waals surface area contributed by atoms with Crippen LogP contribution in [0, 0.1) is 17.0 Å². The lowest BCUT2D eigenvalue weighted by atomic mass is 10.0. The second-order valence-electron chi connectivity index (χ2n) is 8.65. The van der Waals surface area contributed by atoms with Crippen molar-refractivity contribution in [2.24, 2.45) is 12.8 Å². The zero-order valence-corrected chi connectivity index (χ0v) is 23.2. The van der Waals surface area contributed by atoms with Gasteiger partial charge in [-0.1, -0.05) is 0 Å². The number of aryl methyl sites for hydroxylation is 1. The summed E-state index contributed by atoms with van der Waals surface area (Å²) in [5, 5.41) is 21.6. The van der Waals surface area contributed by atoms with Crippen molar-refractivity contribution in [3.05, 3.63) is 73.0 Å². The fraction of sp³-hybridized carbons (Fsp3) is 0.174. The van der Waals surface area contributed by atoms with Gasteiger partial charge in [-0.25, -0.2) is 4.98 Å². The van der Waals surface area contributed by atoms with Crippen molar-refractivity contribution >= 4 is 60.8 Å². The normalized spacial score (nSPS) is 11.8. The summed E-state index contributed by atoms with van der Waals surface area (Å²) in [6, 6.07) is 3.59. The number of anilines is 1. The third-order valence-corrected chi connectivity index (χ3v) is 7.67. The van der Waals surface area contributed by atoms with Crippen molar-refractivity contribution in [2.45, 2.75) is 19.6 Å². The number of nitrogens with one attached hydrogen (secondary N) is 1. The first kappa shape index (κ1) is 28.0. The first-order valence-electron chi connectivity index (χ1n) is 11.4. The van der Waals surface area contributed by atoms with Crippen LogP contribution in [0.3, 0.4) is 0 Å². The Labute approximate surface area is 239 Å². The molecule has 0 aromatic carbocycles. The molecule has 5 aromatic heterocycles. The number of hydrogen-bond acceptors (Lipinski definition) is 9. The summed E-state index contributed by atoms with van der Waals surface area (Å²) in [5.74, 6) is -2.22. The molecule has 0 aliphatic carbocycles. The van der Waals surface area contributed by atoms with Crippen LogP contribution in [0.15, 0.2) is 39.5 Å². The fourth-order valence-corrected chi connectivity index (χ4v) is 5.49. The minimum absolute atomic E-state index is 0.0398. The van der Waals surface area contributed by atoms with Crippen molar-refractivity contribution < 1.29 is 32.1 Å². The number of aromatic nitrogens is 5. The number of halogens is 4. The Morgan fingerprint density at radius 3 is 2.61 bits per heavy atom. The highest BCUT2D eigenvalue weighted by molar-refractivity contribution is 9.10. The Balaban J connectivity index is 1.56. The number of pyridine rings is 1. The van der Waals surface area contributed by atoms with Crippen molar-refractivity contribution in [1.29, 1.82) is 0 Å². The number of nitrogens with two attached hydrogens (primary N) is 1. The van der Waals surface area contributed by atoms with Crippen LogP contribution in [0.4, 0.5) is 24.7 Å². The number of alkyl halides is 3. The van der Waals surface area contributed by atoms with Gasteiger partial charge in [0.25, 0.3) is 11.8 Å². The molecule has 13 nitrogen and oxygen atoms in total. The molecule has 0 saturated carbocycles. The molecule has 0 bridgehead atoms. The molecule has 18 heteroatoms. The van der Waals surface area contributed by atoms with E-state index in [2.05, 4.69) is 36.4 Å². The predicted molar refractivity (Wildman–Crippen MR) is 142 cm³/mol. The number of primary amides is 1. The second-order valence-corrected chi connectivity index (χ2v) is 10.5. The number of thiophene rings is 1. The van der Waals surface area contributed by atoms with E-state index in [4.69, 9.17) is 10.2 Å². The first-order chi connectivity index (χ1) is 19.2. The third kappa shape index (κ3) is 5.18. The van der Waals surface area contributed by atoms with Crippen LogP contribution in [-0.4, -0.2) is 41.3 Å². The van der Waals surface area contributed by atoms with Crippen molar-refractivity contribution in [1.82, 2.24) is 24.5 Å². The van der Waals surface area contributed by atoms with E-state index in [1.807, 2.05) is 0 Å². The summed E-state index contributed by atoms with van der Waals surface area (Å²) >= 11 is 3.65. The number of hydrogen-bond donors (Lipinski definition) is 2. The number of rotatable bonds is 7. The molecule has 0 radical (unpaired) electrons. The first-order valence-corrected chi connectivity index (χ1v) is 13.0. The number of amides is 2. The monoisotopic (exact) mass is 652 g/mol. The quantitative estimate of drug-likeness (QED) is 0.184. The lowest BCUT2D eigenvalue weighted by Gasteiger charge is -2.12. The predicted octanol–water partition coefficient (Wildman–Crippen LogP) is 4.88. The van der Waals surface area contributed by atoms with Gasteiger partial charge in [0.05, 0.1) is 23.2 Å². The molecule has 5 rings (SSSR count). The summed E-state index contributed by atoms with van der Waals surface area (Å²) in [7, 11) is 1.61. The van der Waals surface area contributed by atoms with E-state index >= 15 is 0 Å². The second kappa shape index (κ2) is 10.1. The number of nitro groups is 1. The minimum atomic E-state index is -4.80. The minimum Gasteiger partial charge on any atom is -0.454 e. The summed E-state index contributed by atoms with van der Waals surface area (Å²) in [5.41, 5.74) is 5.10. The van der Waals surface area contributed by atoms with Gasteiger partial charge in [-0.3, -0.25) is 14.3 Å². The average Bonchev–Trinajstić information content (AvgIpc) is 3.66. The number of nitrogens with zero attached hydrogens (tertiary/aromatic N) is 6. The maximum absolute atomic E-state index is 13.7. The Bertz CT molecular complexity index is 1870. The molecule has 0 fully saturated rings. The molecule has 0 saturated heterocycles. The lowest BCUT2D eigenvalue weighted by molar-refractivity contribution is -0.390. The number of carbonyl (C=O) groups excluding carboxylic acids is 2. The van der Waals surface area contributed by atoms with E-state index < -0.39 is 34.4 Å². The van der Waals surface area contributed by atoms with Gasteiger partial charge >= 0.3 is 12.0 Å². The molecule has 0 aliphatic heterocycles. The molecule has 3 N–H and O–H groups in total. The van der Waals surface area contributed by atoms with E-state index in [-0.39, 0.29) is 48.9 Å². The van der Waals surface area contributed by atoms with Crippen LogP contribution < -0.4 is 11.1 Å². The van der Waals surface area contributed by atoms with E-state index in [0.29, 0.717) is 22.6 Å². The standard InChI is InChI=1S/C23H16BrF3N8O5S/c1-9-12(6-29-33(9)2)11-5-15(23(25,26)27)30-22-16(11)17(18(41-22)19(28)36)31-21(37)14-4-3-10(40-14)7-34-8-13(24)20(32-34)35(38)39/h3-6,8H,7H2,1-2H3,(H2,28,36)(H,31,37). The molecule has 2 amide bonds. The molecule has 0 spiro atoms. The number of carbonyl (C=O) groups is 2. The zero-order valence-electron chi connectivity index (χ0n) is 20.8. The van der Waals surface area contributed by atoms with Crippen molar-refractivity contribution in [3.8, 4) is 11.1 Å². The van der Waals surface area contributed by atoms with Gasteiger partial charge in [0.2, 0.25) is 0 Å². The number of furan rings is 1. The molecule has 41 heavy (non-hydrogen) atoms. The van der Waals surface area contributed by atoms with Gasteiger partial charge < -0.3 is 25.6 Å². The highest BCUT2D eigenvalue weighted by Gasteiger charge is 2.35. The Kier molecular flexibility index (Phi) is 6.90. The SMILES string of the molecule is Cc1c(-c2cc(C(F)(F)F)nc3sc(C(N)=O)c(NC(=O)c4ccc(Cn5cc(Br)c([N+](=O)[O-])n5)o4)c23)cnn1C. The summed E-state index contributed by atoms with van der Waals surface area (Å²) in [6.45, 7) is 1.60. The van der Waals surface area contributed by atoms with E-state index in [1.165, 1.54) is 33.9 Å². The van der Waals surface area contributed by atoms with Gasteiger partial charge in [0.1, 0.15) is 32.2 Å². The van der Waals surface area contributed by atoms with Crippen LogP contribution in [-0.2, 0) is 19.8 Å². The summed E-state index contributed by atoms with van der Waals surface area (Å²) < 4.78 is 49.6. The van der Waals surface area contributed by atoms with Gasteiger partial charge in [-0.2, -0.15) is 23.0 Å². The Morgan fingerprint density at radius 2 is 2.02 bits per heavy atom. The topological polar surface area (TPSA) is 177 Å². The van der Waals surface area contributed by atoms with E-state index in [1.54, 1.807) is 14.0 Å². The number of fused-ring (bicyclic) bond motifs is 1. The maximum atomic E-state index is 13.7. The molecule has 212 valence electrons. The van der Waals surface area contributed by atoms with Crippen molar-refractivity contribution in [2.75, 3.05) is 5.32 Å². The maximum Gasteiger partial charge on any atom is 0.433 e. The summed E-state index contributed by atoms with van der Waals surface area (Å²) in [4.78, 5) is 39.2. The van der Waals surface area contributed by atoms with Gasteiger partial charge in [0, 0.05) is 23.7 Å². The summed E-state index contributed by atoms with van der Waals surface area (Å²) in [6.07, 6.45) is -2.07. The fourth-order valence-electron chi connectivity index (χ4n) is 4.02. The van der Waals surface area contributed by atoms with E-state index in [0.717, 1.165) is 6.07 Å². The van der Waals surface area contributed by atoms with Gasteiger partial charge in [0.15, 0.2) is 5.76 Å². The van der Waals surface area contributed by atoms with Gasteiger partial charge in [-0.15, -0.1) is 11.3 Å². The van der Waals surface area contributed by atoms with Crippen LogP contribution in [0.2, 0.25) is 0 Å². The molecular formula is C23H16BrF3N8O5S. The Morgan fingerprint density at radius 1 is 1.29 bits per heavy atom. The van der Waals surface area contributed by atoms with Crippen LogP contribution >= 0.6 is 27.3 Å². The Hall–Kier alpha value is -4.58. The molecule has 0 unspecified atom stereocenters. The molecule has 0 aliphatic rings.